The molecule has 0 saturated heterocycles. The zero-order valence-corrected chi connectivity index (χ0v) is 8.14. The van der Waals surface area contributed by atoms with Gasteiger partial charge in [-0.2, -0.15) is 5.10 Å². The smallest absolute Gasteiger partial charge is 0.289 e. The molecule has 2 N–H and O–H groups in total. The topological polar surface area (TPSA) is 87.3 Å². The summed E-state index contributed by atoms with van der Waals surface area (Å²) in [6.07, 6.45) is 3.26. The van der Waals surface area contributed by atoms with E-state index in [4.69, 9.17) is 0 Å². The van der Waals surface area contributed by atoms with Gasteiger partial charge in [-0.1, -0.05) is 0 Å². The van der Waals surface area contributed by atoms with Gasteiger partial charge in [0.15, 0.2) is 5.82 Å². The molecule has 0 spiro atoms. The van der Waals surface area contributed by atoms with Gasteiger partial charge in [0.05, 0.1) is 11.0 Å². The average molecular weight is 213 g/mol. The van der Waals surface area contributed by atoms with Crippen molar-refractivity contribution < 1.29 is 0 Å². The van der Waals surface area contributed by atoms with Gasteiger partial charge in [0.2, 0.25) is 0 Å². The Hall–Kier alpha value is -2.50. The largest absolute Gasteiger partial charge is 0.340 e. The number of hydrogen-bond donors (Lipinski definition) is 2. The lowest BCUT2D eigenvalue weighted by Gasteiger charge is -1.98. The number of nitrogens with one attached hydrogen (secondary N) is 2. The van der Waals surface area contributed by atoms with Crippen LogP contribution in [0.15, 0.2) is 35.4 Å². The summed E-state index contributed by atoms with van der Waals surface area (Å²) in [7, 11) is 0. The molecule has 0 amide bonds. The summed E-state index contributed by atoms with van der Waals surface area (Å²) < 4.78 is 0. The van der Waals surface area contributed by atoms with Crippen LogP contribution in [0.1, 0.15) is 0 Å². The Morgan fingerprint density at radius 3 is 2.62 bits per heavy atom. The number of rotatable bonds is 1. The van der Waals surface area contributed by atoms with Crippen LogP contribution in [-0.2, 0) is 0 Å². The molecule has 16 heavy (non-hydrogen) atoms. The van der Waals surface area contributed by atoms with Crippen molar-refractivity contribution in [3.63, 3.8) is 0 Å². The molecule has 1 aromatic carbocycles. The Labute approximate surface area is 89.4 Å². The quantitative estimate of drug-likeness (QED) is 0.623. The lowest BCUT2D eigenvalue weighted by atomic mass is 10.2. The Morgan fingerprint density at radius 1 is 1.06 bits per heavy atom. The summed E-state index contributed by atoms with van der Waals surface area (Å²) in [6.45, 7) is 0. The fraction of sp³-hybridized carbons (Fsp3) is 0. The van der Waals surface area contributed by atoms with E-state index >= 15 is 0 Å². The molecule has 0 bridgehead atoms. The zero-order valence-electron chi connectivity index (χ0n) is 8.14. The highest BCUT2D eigenvalue weighted by atomic mass is 16.1. The predicted molar refractivity (Wildman–Crippen MR) is 57.7 cm³/mol. The van der Waals surface area contributed by atoms with Gasteiger partial charge >= 0.3 is 5.69 Å². The standard InChI is InChI=1S/C10H7N5O/c16-10-13-9(14-15-10)6-1-2-7-8(5-6)12-4-3-11-7/h1-5H,(H2,13,14,15,16). The van der Waals surface area contributed by atoms with Crippen molar-refractivity contribution in [3.8, 4) is 11.4 Å². The van der Waals surface area contributed by atoms with Crippen LogP contribution in [0.5, 0.6) is 0 Å². The highest BCUT2D eigenvalue weighted by Gasteiger charge is 2.03. The molecule has 0 aliphatic rings. The Morgan fingerprint density at radius 2 is 1.88 bits per heavy atom. The highest BCUT2D eigenvalue weighted by molar-refractivity contribution is 5.79. The lowest BCUT2D eigenvalue weighted by molar-refractivity contribution is 1.05. The molecule has 6 nitrogen and oxygen atoms in total. The molecule has 0 unspecified atom stereocenters. The van der Waals surface area contributed by atoms with Crippen molar-refractivity contribution in [2.24, 2.45) is 0 Å². The van der Waals surface area contributed by atoms with Crippen LogP contribution in [0.25, 0.3) is 22.4 Å². The van der Waals surface area contributed by atoms with Crippen LogP contribution < -0.4 is 5.69 Å². The van der Waals surface area contributed by atoms with Gasteiger partial charge in [-0.25, -0.2) is 9.89 Å². The SMILES string of the molecule is O=c1[nH]nc(-c2ccc3nccnc3c2)[nH]1. The molecule has 0 atom stereocenters. The second kappa shape index (κ2) is 3.27. The third kappa shape index (κ3) is 1.36. The fourth-order valence-corrected chi connectivity index (χ4v) is 1.52. The predicted octanol–water partition coefficient (Wildman–Crippen LogP) is 0.708. The number of H-pyrrole nitrogens is 2. The van der Waals surface area contributed by atoms with Gasteiger partial charge in [-0.15, -0.1) is 0 Å². The van der Waals surface area contributed by atoms with Crippen molar-refractivity contribution in [3.05, 3.63) is 41.1 Å². The normalized spacial score (nSPS) is 10.8. The molecule has 0 radical (unpaired) electrons. The van der Waals surface area contributed by atoms with Crippen LogP contribution in [-0.4, -0.2) is 25.1 Å². The van der Waals surface area contributed by atoms with Gasteiger partial charge in [-0.05, 0) is 18.2 Å². The van der Waals surface area contributed by atoms with E-state index in [1.165, 1.54) is 0 Å². The van der Waals surface area contributed by atoms with Gasteiger partial charge in [0.1, 0.15) is 0 Å². The summed E-state index contributed by atoms with van der Waals surface area (Å²) in [5, 5.41) is 6.17. The minimum Gasteiger partial charge on any atom is -0.289 e. The first-order valence-corrected chi connectivity index (χ1v) is 4.69. The van der Waals surface area contributed by atoms with Crippen molar-refractivity contribution >= 4 is 11.0 Å². The molecule has 78 valence electrons. The summed E-state index contributed by atoms with van der Waals surface area (Å²) in [5.41, 5.74) is 2.05. The van der Waals surface area contributed by atoms with E-state index in [9.17, 15) is 4.79 Å². The molecular formula is C10H7N5O. The van der Waals surface area contributed by atoms with Crippen molar-refractivity contribution in [2.75, 3.05) is 0 Å². The molecule has 0 fully saturated rings. The van der Waals surface area contributed by atoms with Crippen molar-refractivity contribution in [1.82, 2.24) is 25.1 Å². The maximum absolute atomic E-state index is 10.9. The Kier molecular flexibility index (Phi) is 1.79. The highest BCUT2D eigenvalue weighted by Crippen LogP contribution is 2.17. The molecule has 3 aromatic rings. The van der Waals surface area contributed by atoms with E-state index in [0.717, 1.165) is 16.6 Å². The molecule has 3 rings (SSSR count). The molecule has 0 aliphatic carbocycles. The van der Waals surface area contributed by atoms with Gasteiger partial charge in [0, 0.05) is 18.0 Å². The van der Waals surface area contributed by atoms with Gasteiger partial charge in [0.25, 0.3) is 0 Å². The third-order valence-corrected chi connectivity index (χ3v) is 2.24. The second-order valence-electron chi connectivity index (χ2n) is 3.29. The third-order valence-electron chi connectivity index (χ3n) is 2.24. The van der Waals surface area contributed by atoms with Gasteiger partial charge in [-0.3, -0.25) is 15.0 Å². The van der Waals surface area contributed by atoms with E-state index < -0.39 is 0 Å². The summed E-state index contributed by atoms with van der Waals surface area (Å²) in [6, 6.07) is 5.50. The monoisotopic (exact) mass is 213 g/mol. The minimum absolute atomic E-state index is 0.325. The van der Waals surface area contributed by atoms with Crippen LogP contribution >= 0.6 is 0 Å². The minimum atomic E-state index is -0.325. The molecule has 0 aliphatic heterocycles. The number of nitrogens with zero attached hydrogens (tertiary/aromatic N) is 3. The van der Waals surface area contributed by atoms with E-state index in [2.05, 4.69) is 25.1 Å². The molecule has 2 aromatic heterocycles. The van der Waals surface area contributed by atoms with Crippen LogP contribution in [0.4, 0.5) is 0 Å². The average Bonchev–Trinajstić information content (AvgIpc) is 2.75. The van der Waals surface area contributed by atoms with Crippen molar-refractivity contribution in [1.29, 1.82) is 0 Å². The molecule has 0 saturated carbocycles. The second-order valence-corrected chi connectivity index (χ2v) is 3.29. The summed E-state index contributed by atoms with van der Waals surface area (Å²) in [5.74, 6) is 0.498. The van der Waals surface area contributed by atoms with E-state index in [1.807, 2.05) is 18.2 Å². The number of aromatic nitrogens is 5. The number of hydrogen-bond acceptors (Lipinski definition) is 4. The van der Waals surface area contributed by atoms with Crippen LogP contribution in [0.3, 0.4) is 0 Å². The van der Waals surface area contributed by atoms with E-state index in [0.29, 0.717) is 5.82 Å². The Balaban J connectivity index is 2.22. The maximum Gasteiger partial charge on any atom is 0.340 e. The number of aromatic amines is 2. The zero-order chi connectivity index (χ0) is 11.0. The first-order valence-electron chi connectivity index (χ1n) is 4.69. The number of fused-ring (bicyclic) bond motifs is 1. The van der Waals surface area contributed by atoms with Crippen molar-refractivity contribution in [2.45, 2.75) is 0 Å². The summed E-state index contributed by atoms with van der Waals surface area (Å²) in [4.78, 5) is 21.9. The molecule has 2 heterocycles. The van der Waals surface area contributed by atoms with E-state index in [1.54, 1.807) is 12.4 Å². The van der Waals surface area contributed by atoms with Gasteiger partial charge < -0.3 is 0 Å². The fourth-order valence-electron chi connectivity index (χ4n) is 1.52. The van der Waals surface area contributed by atoms with E-state index in [-0.39, 0.29) is 5.69 Å². The molecular weight excluding hydrogens is 206 g/mol. The maximum atomic E-state index is 10.9. The first-order chi connectivity index (χ1) is 7.83. The first kappa shape index (κ1) is 8.78. The van der Waals surface area contributed by atoms with Crippen LogP contribution in [0.2, 0.25) is 0 Å². The number of benzene rings is 1. The summed E-state index contributed by atoms with van der Waals surface area (Å²) >= 11 is 0. The molecule has 6 heteroatoms. The lowest BCUT2D eigenvalue weighted by Crippen LogP contribution is -2.00. The Bertz CT molecular complexity index is 699. The van der Waals surface area contributed by atoms with Crippen LogP contribution in [0, 0.1) is 0 Å².